The Morgan fingerprint density at radius 2 is 2.31 bits per heavy atom. The lowest BCUT2D eigenvalue weighted by molar-refractivity contribution is 0.248. The largest absolute Gasteiger partial charge is 0.396 e. The van der Waals surface area contributed by atoms with Crippen LogP contribution < -0.4 is 5.32 Å². The first-order chi connectivity index (χ1) is 7.76. The van der Waals surface area contributed by atoms with E-state index in [-0.39, 0.29) is 0 Å². The summed E-state index contributed by atoms with van der Waals surface area (Å²) in [7, 11) is 0. The van der Waals surface area contributed by atoms with Crippen LogP contribution in [0, 0.1) is 5.92 Å². The van der Waals surface area contributed by atoms with E-state index in [0.717, 1.165) is 19.5 Å². The summed E-state index contributed by atoms with van der Waals surface area (Å²) in [6, 6.07) is 2.15. The Kier molecular flexibility index (Phi) is 7.28. The van der Waals surface area contributed by atoms with Gasteiger partial charge in [-0.05, 0) is 58.2 Å². The number of rotatable bonds is 8. The Morgan fingerprint density at radius 1 is 1.50 bits per heavy atom. The second-order valence-electron chi connectivity index (χ2n) is 4.06. The van der Waals surface area contributed by atoms with E-state index in [1.54, 1.807) is 11.3 Å². The van der Waals surface area contributed by atoms with Gasteiger partial charge in [0.25, 0.3) is 0 Å². The highest BCUT2D eigenvalue weighted by Crippen LogP contribution is 2.20. The van der Waals surface area contributed by atoms with Crippen molar-refractivity contribution in [1.82, 2.24) is 5.32 Å². The zero-order valence-electron chi connectivity index (χ0n) is 9.71. The van der Waals surface area contributed by atoms with Gasteiger partial charge in [0.2, 0.25) is 0 Å². The lowest BCUT2D eigenvalue weighted by Crippen LogP contribution is -2.23. The third-order valence-electron chi connectivity index (χ3n) is 2.62. The summed E-state index contributed by atoms with van der Waals surface area (Å²) < 4.78 is 1.18. The second-order valence-corrected chi connectivity index (χ2v) is 6.35. The fourth-order valence-corrected chi connectivity index (χ4v) is 3.01. The summed E-state index contributed by atoms with van der Waals surface area (Å²) in [6.07, 6.45) is 3.30. The minimum Gasteiger partial charge on any atom is -0.396 e. The van der Waals surface area contributed by atoms with Gasteiger partial charge >= 0.3 is 0 Å². The molecule has 0 amide bonds. The van der Waals surface area contributed by atoms with Crippen LogP contribution in [0.5, 0.6) is 0 Å². The maximum absolute atomic E-state index is 8.95. The van der Waals surface area contributed by atoms with Gasteiger partial charge in [0.1, 0.15) is 0 Å². The van der Waals surface area contributed by atoms with E-state index < -0.39 is 0 Å². The molecule has 4 heteroatoms. The number of thiophene rings is 1. The number of nitrogens with one attached hydrogen (secondary N) is 1. The van der Waals surface area contributed by atoms with E-state index in [1.807, 2.05) is 0 Å². The Balaban J connectivity index is 2.21. The van der Waals surface area contributed by atoms with Crippen LogP contribution in [0.3, 0.4) is 0 Å². The second kappa shape index (κ2) is 8.23. The van der Waals surface area contributed by atoms with Crippen molar-refractivity contribution in [2.45, 2.75) is 32.7 Å². The average molecular weight is 306 g/mol. The Hall–Kier alpha value is 0.100. The van der Waals surface area contributed by atoms with Crippen molar-refractivity contribution < 1.29 is 5.11 Å². The van der Waals surface area contributed by atoms with Crippen LogP contribution in [0.2, 0.25) is 0 Å². The van der Waals surface area contributed by atoms with Gasteiger partial charge in [-0.3, -0.25) is 0 Å². The maximum atomic E-state index is 8.95. The summed E-state index contributed by atoms with van der Waals surface area (Å²) in [5.41, 5.74) is 1.33. The summed E-state index contributed by atoms with van der Waals surface area (Å²) in [4.78, 5) is 0. The maximum Gasteiger partial charge on any atom is 0.0701 e. The molecule has 2 nitrogen and oxygen atoms in total. The van der Waals surface area contributed by atoms with E-state index in [4.69, 9.17) is 5.11 Å². The smallest absolute Gasteiger partial charge is 0.0701 e. The molecule has 0 saturated carbocycles. The molecular weight excluding hydrogens is 286 g/mol. The number of hydrogen-bond donors (Lipinski definition) is 2. The number of hydrogen-bond acceptors (Lipinski definition) is 3. The first-order valence-electron chi connectivity index (χ1n) is 5.80. The average Bonchev–Trinajstić information content (AvgIpc) is 2.65. The Labute approximate surface area is 110 Å². The van der Waals surface area contributed by atoms with Crippen LogP contribution in [-0.2, 0) is 6.54 Å². The van der Waals surface area contributed by atoms with Crippen molar-refractivity contribution in [3.05, 3.63) is 20.8 Å². The molecular formula is C12H20BrNOS. The molecule has 1 aromatic heterocycles. The Bertz CT molecular complexity index is 284. The molecule has 1 unspecified atom stereocenters. The zero-order valence-corrected chi connectivity index (χ0v) is 12.1. The van der Waals surface area contributed by atoms with Crippen molar-refractivity contribution in [2.24, 2.45) is 5.92 Å². The van der Waals surface area contributed by atoms with Gasteiger partial charge in [-0.1, -0.05) is 13.3 Å². The molecule has 0 radical (unpaired) electrons. The number of aliphatic hydroxyl groups is 1. The molecule has 0 aliphatic heterocycles. The molecule has 0 aliphatic rings. The summed E-state index contributed by atoms with van der Waals surface area (Å²) >= 11 is 5.18. The van der Waals surface area contributed by atoms with E-state index in [1.165, 1.54) is 22.2 Å². The van der Waals surface area contributed by atoms with Gasteiger partial charge in [0.15, 0.2) is 0 Å². The molecule has 0 aromatic carbocycles. The van der Waals surface area contributed by atoms with Crippen LogP contribution in [0.15, 0.2) is 15.2 Å². The highest BCUT2D eigenvalue weighted by atomic mass is 79.9. The third-order valence-corrected chi connectivity index (χ3v) is 4.17. The van der Waals surface area contributed by atoms with Gasteiger partial charge < -0.3 is 10.4 Å². The molecule has 1 heterocycles. The molecule has 0 saturated heterocycles. The van der Waals surface area contributed by atoms with E-state index in [0.29, 0.717) is 12.5 Å². The van der Waals surface area contributed by atoms with Gasteiger partial charge in [0.05, 0.1) is 3.79 Å². The molecule has 0 bridgehead atoms. The fourth-order valence-electron chi connectivity index (χ4n) is 1.80. The molecule has 2 N–H and O–H groups in total. The molecule has 1 atom stereocenters. The van der Waals surface area contributed by atoms with E-state index in [2.05, 4.69) is 39.6 Å². The number of halogens is 1. The molecule has 92 valence electrons. The molecule has 1 aromatic rings. The lowest BCUT2D eigenvalue weighted by atomic mass is 10.0. The molecule has 0 aliphatic carbocycles. The molecule has 16 heavy (non-hydrogen) atoms. The Morgan fingerprint density at radius 3 is 2.88 bits per heavy atom. The van der Waals surface area contributed by atoms with Crippen LogP contribution in [0.1, 0.15) is 31.7 Å². The SMILES string of the molecule is CCCC(CCO)CNCc1csc(Br)c1. The van der Waals surface area contributed by atoms with E-state index in [9.17, 15) is 0 Å². The minimum absolute atomic E-state index is 0.302. The molecule has 1 rings (SSSR count). The first-order valence-corrected chi connectivity index (χ1v) is 7.48. The van der Waals surface area contributed by atoms with Crippen LogP contribution >= 0.6 is 27.3 Å². The fraction of sp³-hybridized carbons (Fsp3) is 0.667. The highest BCUT2D eigenvalue weighted by molar-refractivity contribution is 9.11. The van der Waals surface area contributed by atoms with Crippen molar-refractivity contribution in [2.75, 3.05) is 13.2 Å². The van der Waals surface area contributed by atoms with Gasteiger partial charge in [-0.2, -0.15) is 0 Å². The topological polar surface area (TPSA) is 32.3 Å². The van der Waals surface area contributed by atoms with Crippen LogP contribution in [0.4, 0.5) is 0 Å². The predicted octanol–water partition coefficient (Wildman–Crippen LogP) is 3.40. The first kappa shape index (κ1) is 14.2. The highest BCUT2D eigenvalue weighted by Gasteiger charge is 2.06. The van der Waals surface area contributed by atoms with Crippen molar-refractivity contribution in [3.63, 3.8) is 0 Å². The van der Waals surface area contributed by atoms with Crippen LogP contribution in [-0.4, -0.2) is 18.3 Å². The standard InChI is InChI=1S/C12H20BrNOS/c1-2-3-10(4-5-15)7-14-8-11-6-12(13)16-9-11/h6,9-10,14-15H,2-5,7-8H2,1H3. The van der Waals surface area contributed by atoms with Crippen LogP contribution in [0.25, 0.3) is 0 Å². The summed E-state index contributed by atoms with van der Waals surface area (Å²) in [6.45, 7) is 4.42. The van der Waals surface area contributed by atoms with E-state index >= 15 is 0 Å². The zero-order chi connectivity index (χ0) is 11.8. The number of aliphatic hydroxyl groups excluding tert-OH is 1. The van der Waals surface area contributed by atoms with Gasteiger partial charge in [-0.15, -0.1) is 11.3 Å². The van der Waals surface area contributed by atoms with Crippen molar-refractivity contribution in [1.29, 1.82) is 0 Å². The van der Waals surface area contributed by atoms with Gasteiger partial charge in [0, 0.05) is 13.2 Å². The molecule has 0 fully saturated rings. The quantitative estimate of drug-likeness (QED) is 0.771. The third kappa shape index (κ3) is 5.43. The van der Waals surface area contributed by atoms with Gasteiger partial charge in [-0.25, -0.2) is 0 Å². The summed E-state index contributed by atoms with van der Waals surface area (Å²) in [5, 5.41) is 14.6. The molecule has 0 spiro atoms. The summed E-state index contributed by atoms with van der Waals surface area (Å²) in [5.74, 6) is 0.608. The monoisotopic (exact) mass is 305 g/mol. The predicted molar refractivity (Wildman–Crippen MR) is 73.8 cm³/mol. The lowest BCUT2D eigenvalue weighted by Gasteiger charge is -2.15. The van der Waals surface area contributed by atoms with Crippen molar-refractivity contribution >= 4 is 27.3 Å². The normalized spacial score (nSPS) is 12.9. The van der Waals surface area contributed by atoms with Crippen molar-refractivity contribution in [3.8, 4) is 0 Å². The minimum atomic E-state index is 0.302.